The third kappa shape index (κ3) is 4.14. The molecule has 6 nitrogen and oxygen atoms in total. The Balaban J connectivity index is 1.49. The Morgan fingerprint density at radius 3 is 2.65 bits per heavy atom. The van der Waals surface area contributed by atoms with Gasteiger partial charge in [0.2, 0.25) is 0 Å². The first-order chi connectivity index (χ1) is 14.6. The first kappa shape index (κ1) is 21.0. The zero-order chi connectivity index (χ0) is 22.3. The molecule has 3 heterocycles. The molecule has 2 aromatic heterocycles. The summed E-state index contributed by atoms with van der Waals surface area (Å²) in [5.74, 6) is -1.32. The first-order valence-corrected chi connectivity index (χ1v) is 9.70. The number of halogens is 4. The zero-order valence-electron chi connectivity index (χ0n) is 16.6. The van der Waals surface area contributed by atoms with Gasteiger partial charge in [0.25, 0.3) is 5.91 Å². The van der Waals surface area contributed by atoms with Crippen molar-refractivity contribution >= 4 is 22.6 Å². The van der Waals surface area contributed by atoms with E-state index in [1.54, 1.807) is 11.1 Å². The lowest BCUT2D eigenvalue weighted by Crippen LogP contribution is -2.38. The van der Waals surface area contributed by atoms with E-state index in [0.29, 0.717) is 37.1 Å². The van der Waals surface area contributed by atoms with E-state index in [9.17, 15) is 22.4 Å². The van der Waals surface area contributed by atoms with Gasteiger partial charge in [-0.25, -0.2) is 9.37 Å². The molecule has 1 aliphatic rings. The summed E-state index contributed by atoms with van der Waals surface area (Å²) in [7, 11) is 0. The fourth-order valence-corrected chi connectivity index (χ4v) is 4.13. The van der Waals surface area contributed by atoms with Crippen molar-refractivity contribution in [1.29, 1.82) is 0 Å². The second-order valence-corrected chi connectivity index (χ2v) is 7.58. The van der Waals surface area contributed by atoms with Gasteiger partial charge in [0, 0.05) is 42.0 Å². The Kier molecular flexibility index (Phi) is 5.24. The Labute approximate surface area is 175 Å². The number of pyridine rings is 1. The number of nitrogens with two attached hydrogens (primary N) is 1. The summed E-state index contributed by atoms with van der Waals surface area (Å²) in [6, 6.07) is 3.26. The van der Waals surface area contributed by atoms with E-state index in [4.69, 9.17) is 5.73 Å². The molecule has 164 valence electrons. The van der Waals surface area contributed by atoms with Crippen LogP contribution in [0.5, 0.6) is 5.75 Å². The molecule has 0 aliphatic carbocycles. The van der Waals surface area contributed by atoms with Crippen LogP contribution in [0, 0.1) is 12.7 Å². The quantitative estimate of drug-likeness (QED) is 0.467. The normalized spacial score (nSPS) is 15.5. The lowest BCUT2D eigenvalue weighted by Gasteiger charge is -2.33. The predicted molar refractivity (Wildman–Crippen MR) is 106 cm³/mol. The molecule has 1 amide bonds. The molecular formula is C21H20F4N4O2. The fraction of sp³-hybridized carbons (Fsp3) is 0.333. The standard InChI is InChI=1S/C21H20F4N4O2/c1-11-9-27-19-17(11)18(15(22)10-28-19)12-4-6-29(7-5-12)20(30)14-3-2-13(8-16(14)26)31-21(23,24)25/h2-3,8-10,12H,4-7,26H2,1H3,(H,27,28). The summed E-state index contributed by atoms with van der Waals surface area (Å²) < 4.78 is 55.5. The molecule has 31 heavy (non-hydrogen) atoms. The summed E-state index contributed by atoms with van der Waals surface area (Å²) in [6.45, 7) is 2.63. The van der Waals surface area contributed by atoms with E-state index in [0.717, 1.165) is 23.1 Å². The molecule has 1 aromatic carbocycles. The maximum Gasteiger partial charge on any atom is 0.573 e. The lowest BCUT2D eigenvalue weighted by molar-refractivity contribution is -0.274. The summed E-state index contributed by atoms with van der Waals surface area (Å²) in [5.41, 5.74) is 7.94. The second kappa shape index (κ2) is 7.75. The van der Waals surface area contributed by atoms with Gasteiger partial charge in [0.15, 0.2) is 0 Å². The highest BCUT2D eigenvalue weighted by molar-refractivity contribution is 5.99. The number of hydrogen-bond donors (Lipinski definition) is 2. The number of piperidine rings is 1. The van der Waals surface area contributed by atoms with Gasteiger partial charge in [0.1, 0.15) is 17.2 Å². The van der Waals surface area contributed by atoms with Crippen LogP contribution in [0.1, 0.15) is 40.2 Å². The number of nitrogen functional groups attached to an aromatic ring is 1. The number of nitrogens with zero attached hydrogens (tertiary/aromatic N) is 2. The number of aromatic amines is 1. The molecule has 1 saturated heterocycles. The van der Waals surface area contributed by atoms with Gasteiger partial charge >= 0.3 is 6.36 Å². The van der Waals surface area contributed by atoms with Crippen LogP contribution >= 0.6 is 0 Å². The average Bonchev–Trinajstić information content (AvgIpc) is 3.07. The van der Waals surface area contributed by atoms with Crippen LogP contribution in [-0.4, -0.2) is 40.2 Å². The molecule has 3 N–H and O–H groups in total. The molecule has 3 aromatic rings. The molecular weight excluding hydrogens is 416 g/mol. The minimum atomic E-state index is -4.84. The number of H-pyrrole nitrogens is 1. The predicted octanol–water partition coefficient (Wildman–Crippen LogP) is 4.51. The number of ether oxygens (including phenoxy) is 1. The third-order valence-corrected chi connectivity index (χ3v) is 5.57. The number of nitrogens with one attached hydrogen (secondary N) is 1. The van der Waals surface area contributed by atoms with Crippen molar-refractivity contribution in [2.45, 2.75) is 32.0 Å². The maximum atomic E-state index is 14.6. The molecule has 1 fully saturated rings. The number of hydrogen-bond acceptors (Lipinski definition) is 4. The molecule has 0 spiro atoms. The smallest absolute Gasteiger partial charge is 0.406 e. The molecule has 0 radical (unpaired) electrons. The molecule has 0 atom stereocenters. The average molecular weight is 436 g/mol. The lowest BCUT2D eigenvalue weighted by atomic mass is 9.87. The van der Waals surface area contributed by atoms with Crippen LogP contribution in [0.15, 0.2) is 30.6 Å². The third-order valence-electron chi connectivity index (χ3n) is 5.57. The van der Waals surface area contributed by atoms with Crippen molar-refractivity contribution < 1.29 is 27.1 Å². The molecule has 10 heteroatoms. The summed E-state index contributed by atoms with van der Waals surface area (Å²) in [4.78, 5) is 21.5. The van der Waals surface area contributed by atoms with Gasteiger partial charge in [-0.2, -0.15) is 0 Å². The van der Waals surface area contributed by atoms with Crippen molar-refractivity contribution in [2.75, 3.05) is 18.8 Å². The number of aromatic nitrogens is 2. The van der Waals surface area contributed by atoms with E-state index < -0.39 is 12.1 Å². The Bertz CT molecular complexity index is 1130. The minimum Gasteiger partial charge on any atom is -0.406 e. The number of rotatable bonds is 3. The van der Waals surface area contributed by atoms with Gasteiger partial charge in [-0.15, -0.1) is 13.2 Å². The van der Waals surface area contributed by atoms with Crippen LogP contribution in [0.3, 0.4) is 0 Å². The molecule has 0 saturated carbocycles. The van der Waals surface area contributed by atoms with Gasteiger partial charge in [-0.1, -0.05) is 0 Å². The highest BCUT2D eigenvalue weighted by atomic mass is 19.4. The minimum absolute atomic E-state index is 0.0797. The largest absolute Gasteiger partial charge is 0.573 e. The second-order valence-electron chi connectivity index (χ2n) is 7.58. The number of carbonyl (C=O) groups excluding carboxylic acids is 1. The number of anilines is 1. The van der Waals surface area contributed by atoms with Crippen LogP contribution in [-0.2, 0) is 0 Å². The SMILES string of the molecule is Cc1c[nH]c2ncc(F)c(C3CCN(C(=O)c4ccc(OC(F)(F)F)cc4N)CC3)c12. The van der Waals surface area contributed by atoms with Gasteiger partial charge < -0.3 is 20.4 Å². The summed E-state index contributed by atoms with van der Waals surface area (Å²) in [5, 5.41) is 0.772. The highest BCUT2D eigenvalue weighted by Gasteiger charge is 2.32. The van der Waals surface area contributed by atoms with Gasteiger partial charge in [0.05, 0.1) is 11.8 Å². The number of benzene rings is 1. The number of carbonyl (C=O) groups is 1. The molecule has 0 bridgehead atoms. The summed E-state index contributed by atoms with van der Waals surface area (Å²) >= 11 is 0. The van der Waals surface area contributed by atoms with Gasteiger partial charge in [-0.05, 0) is 43.4 Å². The van der Waals surface area contributed by atoms with E-state index in [2.05, 4.69) is 14.7 Å². The summed E-state index contributed by atoms with van der Waals surface area (Å²) in [6.07, 6.45) is -0.765. The number of amides is 1. The number of fused-ring (bicyclic) bond motifs is 1. The fourth-order valence-electron chi connectivity index (χ4n) is 4.13. The Morgan fingerprint density at radius 2 is 2.00 bits per heavy atom. The van der Waals surface area contributed by atoms with E-state index >= 15 is 0 Å². The van der Waals surface area contributed by atoms with Crippen molar-refractivity contribution in [1.82, 2.24) is 14.9 Å². The first-order valence-electron chi connectivity index (χ1n) is 9.70. The molecule has 1 aliphatic heterocycles. The van der Waals surface area contributed by atoms with Crippen molar-refractivity contribution in [3.05, 3.63) is 53.1 Å². The van der Waals surface area contributed by atoms with Crippen LogP contribution in [0.2, 0.25) is 0 Å². The number of aryl methyl sites for hydroxylation is 1. The monoisotopic (exact) mass is 436 g/mol. The van der Waals surface area contributed by atoms with Crippen molar-refractivity contribution in [2.24, 2.45) is 0 Å². The Morgan fingerprint density at radius 1 is 1.29 bits per heavy atom. The van der Waals surface area contributed by atoms with Crippen molar-refractivity contribution in [3.63, 3.8) is 0 Å². The van der Waals surface area contributed by atoms with Crippen LogP contribution in [0.25, 0.3) is 11.0 Å². The van der Waals surface area contributed by atoms with Crippen molar-refractivity contribution in [3.8, 4) is 5.75 Å². The molecule has 4 rings (SSSR count). The maximum absolute atomic E-state index is 14.6. The Hall–Kier alpha value is -3.30. The van der Waals surface area contributed by atoms with E-state index in [-0.39, 0.29) is 28.9 Å². The van der Waals surface area contributed by atoms with E-state index in [1.807, 2.05) is 6.92 Å². The topological polar surface area (TPSA) is 84.2 Å². The number of alkyl halides is 3. The zero-order valence-corrected chi connectivity index (χ0v) is 16.6. The van der Waals surface area contributed by atoms with Crippen LogP contribution < -0.4 is 10.5 Å². The van der Waals surface area contributed by atoms with Crippen LogP contribution in [0.4, 0.5) is 23.2 Å². The highest BCUT2D eigenvalue weighted by Crippen LogP contribution is 2.36. The number of likely N-dealkylation sites (tertiary alicyclic amines) is 1. The molecule has 0 unspecified atom stereocenters. The van der Waals surface area contributed by atoms with Gasteiger partial charge in [-0.3, -0.25) is 4.79 Å². The van der Waals surface area contributed by atoms with E-state index in [1.165, 1.54) is 12.3 Å².